The van der Waals surface area contributed by atoms with Gasteiger partial charge in [-0.15, -0.1) is 0 Å². The zero-order chi connectivity index (χ0) is 9.80. The van der Waals surface area contributed by atoms with Gasteiger partial charge in [0.05, 0.1) is 17.3 Å². The Morgan fingerprint density at radius 3 is 2.71 bits per heavy atom. The molecule has 2 aromatic rings. The van der Waals surface area contributed by atoms with Crippen molar-refractivity contribution in [2.75, 3.05) is 0 Å². The summed E-state index contributed by atoms with van der Waals surface area (Å²) in [6.07, 6.45) is 1.64. The van der Waals surface area contributed by atoms with Gasteiger partial charge >= 0.3 is 0 Å². The Kier molecular flexibility index (Phi) is 2.24. The average Bonchev–Trinajstić information content (AvgIpc) is 2.30. The van der Waals surface area contributed by atoms with Crippen molar-refractivity contribution in [1.29, 1.82) is 5.26 Å². The summed E-state index contributed by atoms with van der Waals surface area (Å²) in [6.45, 7) is 0. The SMILES string of the molecule is N#Cc1ccnc(-c2cc[c]cc2)c1. The molecule has 0 fully saturated rings. The minimum absolute atomic E-state index is 0.628. The lowest BCUT2D eigenvalue weighted by atomic mass is 10.1. The van der Waals surface area contributed by atoms with Crippen LogP contribution in [-0.2, 0) is 0 Å². The zero-order valence-corrected chi connectivity index (χ0v) is 7.44. The molecule has 14 heavy (non-hydrogen) atoms. The summed E-state index contributed by atoms with van der Waals surface area (Å²) in [4.78, 5) is 4.19. The molecule has 2 heteroatoms. The molecule has 0 saturated heterocycles. The number of benzene rings is 1. The molecule has 0 saturated carbocycles. The van der Waals surface area contributed by atoms with E-state index in [2.05, 4.69) is 17.1 Å². The molecule has 65 valence electrons. The van der Waals surface area contributed by atoms with Crippen molar-refractivity contribution in [1.82, 2.24) is 4.98 Å². The van der Waals surface area contributed by atoms with Crippen LogP contribution >= 0.6 is 0 Å². The predicted octanol–water partition coefficient (Wildman–Crippen LogP) is 2.42. The maximum atomic E-state index is 8.72. The highest BCUT2D eigenvalue weighted by molar-refractivity contribution is 5.60. The first-order valence-electron chi connectivity index (χ1n) is 4.23. The van der Waals surface area contributed by atoms with Crippen molar-refractivity contribution < 1.29 is 0 Å². The Labute approximate surface area is 82.5 Å². The summed E-state index contributed by atoms with van der Waals surface area (Å²) in [5.41, 5.74) is 2.45. The first-order chi connectivity index (χ1) is 6.90. The first kappa shape index (κ1) is 8.46. The van der Waals surface area contributed by atoms with Crippen molar-refractivity contribution in [2.24, 2.45) is 0 Å². The van der Waals surface area contributed by atoms with Crippen molar-refractivity contribution in [3.8, 4) is 17.3 Å². The van der Waals surface area contributed by atoms with Crippen molar-refractivity contribution in [3.63, 3.8) is 0 Å². The number of nitriles is 1. The molecule has 1 aromatic carbocycles. The van der Waals surface area contributed by atoms with Crippen LogP contribution in [0.4, 0.5) is 0 Å². The smallest absolute Gasteiger partial charge is 0.0992 e. The monoisotopic (exact) mass is 179 g/mol. The van der Waals surface area contributed by atoms with Crippen molar-refractivity contribution >= 4 is 0 Å². The first-order valence-corrected chi connectivity index (χ1v) is 4.23. The van der Waals surface area contributed by atoms with Crippen LogP contribution in [0.2, 0.25) is 0 Å². The third-order valence-electron chi connectivity index (χ3n) is 1.90. The molecule has 1 heterocycles. The fraction of sp³-hybridized carbons (Fsp3) is 0. The summed E-state index contributed by atoms with van der Waals surface area (Å²) < 4.78 is 0. The molecule has 1 radical (unpaired) electrons. The van der Waals surface area contributed by atoms with Gasteiger partial charge in [0.2, 0.25) is 0 Å². The molecule has 0 atom stereocenters. The van der Waals surface area contributed by atoms with E-state index in [4.69, 9.17) is 5.26 Å². The molecule has 0 bridgehead atoms. The van der Waals surface area contributed by atoms with Gasteiger partial charge in [-0.1, -0.05) is 24.3 Å². The summed E-state index contributed by atoms with van der Waals surface area (Å²) >= 11 is 0. The number of hydrogen-bond acceptors (Lipinski definition) is 2. The second kappa shape index (κ2) is 3.71. The van der Waals surface area contributed by atoms with Gasteiger partial charge in [0.1, 0.15) is 0 Å². The van der Waals surface area contributed by atoms with Crippen LogP contribution in [0.25, 0.3) is 11.3 Å². The van der Waals surface area contributed by atoms with E-state index in [1.807, 2.05) is 24.3 Å². The summed E-state index contributed by atoms with van der Waals surface area (Å²) in [7, 11) is 0. The molecule has 0 unspecified atom stereocenters. The number of pyridine rings is 1. The average molecular weight is 179 g/mol. The highest BCUT2D eigenvalue weighted by Crippen LogP contribution is 2.16. The van der Waals surface area contributed by atoms with E-state index in [0.717, 1.165) is 11.3 Å². The summed E-state index contributed by atoms with van der Waals surface area (Å²) in [5, 5.41) is 8.72. The van der Waals surface area contributed by atoms with Gasteiger partial charge in [-0.05, 0) is 18.2 Å². The molecule has 2 rings (SSSR count). The second-order valence-electron chi connectivity index (χ2n) is 2.83. The van der Waals surface area contributed by atoms with Crippen molar-refractivity contribution in [3.05, 3.63) is 54.2 Å². The highest BCUT2D eigenvalue weighted by atomic mass is 14.7. The Morgan fingerprint density at radius 1 is 1.21 bits per heavy atom. The number of aromatic nitrogens is 1. The maximum Gasteiger partial charge on any atom is 0.0992 e. The van der Waals surface area contributed by atoms with Crippen LogP contribution in [0.5, 0.6) is 0 Å². The number of rotatable bonds is 1. The molecular weight excluding hydrogens is 172 g/mol. The molecule has 0 aliphatic heterocycles. The molecule has 0 aliphatic rings. The highest BCUT2D eigenvalue weighted by Gasteiger charge is 1.98. The largest absolute Gasteiger partial charge is 0.256 e. The van der Waals surface area contributed by atoms with Crippen LogP contribution in [0.3, 0.4) is 0 Å². The van der Waals surface area contributed by atoms with E-state index in [-0.39, 0.29) is 0 Å². The topological polar surface area (TPSA) is 36.7 Å². The van der Waals surface area contributed by atoms with E-state index in [1.54, 1.807) is 18.3 Å². The fourth-order valence-electron chi connectivity index (χ4n) is 1.22. The third kappa shape index (κ3) is 1.62. The Hall–Kier alpha value is -2.14. The minimum Gasteiger partial charge on any atom is -0.256 e. The van der Waals surface area contributed by atoms with Gasteiger partial charge in [0, 0.05) is 11.8 Å². The second-order valence-corrected chi connectivity index (χ2v) is 2.83. The van der Waals surface area contributed by atoms with E-state index >= 15 is 0 Å². The van der Waals surface area contributed by atoms with Gasteiger partial charge in [-0.3, -0.25) is 4.98 Å². The van der Waals surface area contributed by atoms with Gasteiger partial charge in [0.25, 0.3) is 0 Å². The normalized spacial score (nSPS) is 9.36. The van der Waals surface area contributed by atoms with Crippen LogP contribution < -0.4 is 0 Å². The lowest BCUT2D eigenvalue weighted by Crippen LogP contribution is -1.83. The Bertz CT molecular complexity index is 469. The van der Waals surface area contributed by atoms with Crippen LogP contribution in [0, 0.1) is 17.4 Å². The standard InChI is InChI=1S/C12H7N2/c13-9-10-6-7-14-12(8-10)11-4-2-1-3-5-11/h2-8H. The Balaban J connectivity index is 2.49. The molecule has 0 aliphatic carbocycles. The lowest BCUT2D eigenvalue weighted by molar-refractivity contribution is 1.31. The third-order valence-corrected chi connectivity index (χ3v) is 1.90. The molecule has 0 N–H and O–H groups in total. The van der Waals surface area contributed by atoms with Crippen LogP contribution in [-0.4, -0.2) is 4.98 Å². The summed E-state index contributed by atoms with van der Waals surface area (Å²) in [5.74, 6) is 0. The maximum absolute atomic E-state index is 8.72. The summed E-state index contributed by atoms with van der Waals surface area (Å²) in [6, 6.07) is 16.0. The van der Waals surface area contributed by atoms with E-state index < -0.39 is 0 Å². The van der Waals surface area contributed by atoms with Gasteiger partial charge in [0.15, 0.2) is 0 Å². The molecule has 0 amide bonds. The van der Waals surface area contributed by atoms with Gasteiger partial charge < -0.3 is 0 Å². The van der Waals surface area contributed by atoms with E-state index in [1.165, 1.54) is 0 Å². The minimum atomic E-state index is 0.628. The lowest BCUT2D eigenvalue weighted by Gasteiger charge is -1.99. The molecule has 0 spiro atoms. The van der Waals surface area contributed by atoms with Gasteiger partial charge in [-0.25, -0.2) is 0 Å². The molecular formula is C12H7N2. The zero-order valence-electron chi connectivity index (χ0n) is 7.44. The van der Waals surface area contributed by atoms with Gasteiger partial charge in [-0.2, -0.15) is 5.26 Å². The molecule has 2 nitrogen and oxygen atoms in total. The molecule has 1 aromatic heterocycles. The quantitative estimate of drug-likeness (QED) is 0.674. The van der Waals surface area contributed by atoms with E-state index in [9.17, 15) is 0 Å². The number of hydrogen-bond donors (Lipinski definition) is 0. The fourth-order valence-corrected chi connectivity index (χ4v) is 1.22. The van der Waals surface area contributed by atoms with Crippen LogP contribution in [0.1, 0.15) is 5.56 Å². The number of nitrogens with zero attached hydrogens (tertiary/aromatic N) is 2. The predicted molar refractivity (Wildman–Crippen MR) is 53.2 cm³/mol. The van der Waals surface area contributed by atoms with Crippen molar-refractivity contribution in [2.45, 2.75) is 0 Å². The van der Waals surface area contributed by atoms with E-state index in [0.29, 0.717) is 5.56 Å². The van der Waals surface area contributed by atoms with Crippen LogP contribution in [0.15, 0.2) is 42.6 Å². The Morgan fingerprint density at radius 2 is 2.00 bits per heavy atom.